The van der Waals surface area contributed by atoms with E-state index >= 15 is 0 Å². The lowest BCUT2D eigenvalue weighted by Crippen LogP contribution is -2.16. The molecule has 23 heavy (non-hydrogen) atoms. The van der Waals surface area contributed by atoms with E-state index in [0.29, 0.717) is 16.2 Å². The number of benzene rings is 1. The molecule has 120 valence electrons. The summed E-state index contributed by atoms with van der Waals surface area (Å²) in [5.74, 6) is -0.263. The largest absolute Gasteiger partial charge is 0.493 e. The van der Waals surface area contributed by atoms with E-state index in [9.17, 15) is 9.59 Å². The van der Waals surface area contributed by atoms with E-state index in [0.717, 1.165) is 15.5 Å². The van der Waals surface area contributed by atoms with Gasteiger partial charge in [-0.05, 0) is 12.1 Å². The van der Waals surface area contributed by atoms with Crippen LogP contribution < -0.4 is 4.74 Å². The maximum absolute atomic E-state index is 12.4. The van der Waals surface area contributed by atoms with Crippen molar-refractivity contribution in [2.75, 3.05) is 14.2 Å². The van der Waals surface area contributed by atoms with Crippen LogP contribution in [0.5, 0.6) is 5.75 Å². The summed E-state index contributed by atoms with van der Waals surface area (Å²) in [6.07, 6.45) is 1.73. The lowest BCUT2D eigenvalue weighted by Gasteiger charge is -2.06. The molecule has 2 aromatic heterocycles. The molecule has 1 atom stereocenters. The number of carbonyl (C=O) groups is 2. The van der Waals surface area contributed by atoms with Gasteiger partial charge in [-0.1, -0.05) is 6.92 Å². The molecule has 0 fully saturated rings. The Hall–Kier alpha value is -2.34. The predicted octanol–water partition coefficient (Wildman–Crippen LogP) is 4.04. The van der Waals surface area contributed by atoms with Crippen molar-refractivity contribution in [1.29, 1.82) is 0 Å². The number of rotatable bonds is 5. The maximum Gasteiger partial charge on any atom is 0.308 e. The number of fused-ring (bicyclic) bond motifs is 3. The number of thiophene rings is 1. The Bertz CT molecular complexity index is 889. The molecule has 0 aliphatic rings. The van der Waals surface area contributed by atoms with Gasteiger partial charge in [0, 0.05) is 28.0 Å². The number of hydrogen-bond donors (Lipinski definition) is 0. The topological polar surface area (TPSA) is 65.7 Å². The molecule has 1 aromatic carbocycles. The highest BCUT2D eigenvalue weighted by atomic mass is 32.1. The van der Waals surface area contributed by atoms with Gasteiger partial charge in [0.1, 0.15) is 0 Å². The van der Waals surface area contributed by atoms with E-state index in [1.807, 2.05) is 18.2 Å². The smallest absolute Gasteiger partial charge is 0.308 e. The molecule has 3 rings (SSSR count). The fourth-order valence-corrected chi connectivity index (χ4v) is 3.63. The molecule has 6 heteroatoms. The zero-order valence-corrected chi connectivity index (χ0v) is 13.9. The molecule has 5 nitrogen and oxygen atoms in total. The molecule has 0 aliphatic carbocycles. The number of carbonyl (C=O) groups excluding carboxylic acids is 2. The van der Waals surface area contributed by atoms with Crippen LogP contribution in [0.4, 0.5) is 0 Å². The SMILES string of the molecule is COC(=O)C(C)CC(=O)c1cc2c(cc(OC)c3occc32)s1. The first-order chi connectivity index (χ1) is 11.0. The van der Waals surface area contributed by atoms with Crippen LogP contribution in [0.2, 0.25) is 0 Å². The summed E-state index contributed by atoms with van der Waals surface area (Å²) in [6.45, 7) is 1.69. The number of esters is 1. The van der Waals surface area contributed by atoms with Crippen molar-refractivity contribution >= 4 is 44.1 Å². The molecule has 0 saturated carbocycles. The summed E-state index contributed by atoms with van der Waals surface area (Å²) in [7, 11) is 2.91. The zero-order valence-electron chi connectivity index (χ0n) is 13.0. The third-order valence-corrected chi connectivity index (χ3v) is 4.92. The van der Waals surface area contributed by atoms with Crippen LogP contribution >= 0.6 is 11.3 Å². The monoisotopic (exact) mass is 332 g/mol. The van der Waals surface area contributed by atoms with Crippen LogP contribution in [0.1, 0.15) is 23.0 Å². The Labute approximate surface area is 136 Å². The summed E-state index contributed by atoms with van der Waals surface area (Å²) in [4.78, 5) is 24.5. The van der Waals surface area contributed by atoms with Crippen molar-refractivity contribution in [3.8, 4) is 5.75 Å². The van der Waals surface area contributed by atoms with Gasteiger partial charge >= 0.3 is 5.97 Å². The lowest BCUT2D eigenvalue weighted by molar-refractivity contribution is -0.144. The van der Waals surface area contributed by atoms with E-state index in [1.165, 1.54) is 18.4 Å². The van der Waals surface area contributed by atoms with Crippen molar-refractivity contribution in [2.45, 2.75) is 13.3 Å². The molecular formula is C17H16O5S. The maximum atomic E-state index is 12.4. The van der Waals surface area contributed by atoms with Crippen LogP contribution in [-0.2, 0) is 9.53 Å². The summed E-state index contributed by atoms with van der Waals surface area (Å²) >= 11 is 1.39. The Morgan fingerprint density at radius 2 is 2.04 bits per heavy atom. The average molecular weight is 332 g/mol. The summed E-state index contributed by atoms with van der Waals surface area (Å²) < 4.78 is 16.4. The van der Waals surface area contributed by atoms with Gasteiger partial charge in [-0.25, -0.2) is 0 Å². The van der Waals surface area contributed by atoms with E-state index in [4.69, 9.17) is 9.15 Å². The van der Waals surface area contributed by atoms with E-state index < -0.39 is 5.92 Å². The number of furan rings is 1. The highest BCUT2D eigenvalue weighted by molar-refractivity contribution is 7.21. The minimum Gasteiger partial charge on any atom is -0.493 e. The molecule has 2 heterocycles. The van der Waals surface area contributed by atoms with Crippen LogP contribution in [0, 0.1) is 5.92 Å². The van der Waals surface area contributed by atoms with Gasteiger partial charge in [0.2, 0.25) is 0 Å². The van der Waals surface area contributed by atoms with Crippen molar-refractivity contribution < 1.29 is 23.5 Å². The first-order valence-electron chi connectivity index (χ1n) is 7.14. The van der Waals surface area contributed by atoms with E-state index in [2.05, 4.69) is 4.74 Å². The highest BCUT2D eigenvalue weighted by Gasteiger charge is 2.21. The van der Waals surface area contributed by atoms with Crippen molar-refractivity contribution in [3.63, 3.8) is 0 Å². The van der Waals surface area contributed by atoms with Crippen LogP contribution in [0.3, 0.4) is 0 Å². The average Bonchev–Trinajstić information content (AvgIpc) is 3.18. The fourth-order valence-electron chi connectivity index (χ4n) is 2.57. The fraction of sp³-hybridized carbons (Fsp3) is 0.294. The molecule has 0 radical (unpaired) electrons. The molecule has 0 bridgehead atoms. The van der Waals surface area contributed by atoms with Crippen molar-refractivity contribution in [3.05, 3.63) is 29.3 Å². The number of ketones is 1. The minimum absolute atomic E-state index is 0.0697. The van der Waals surface area contributed by atoms with E-state index in [-0.39, 0.29) is 18.2 Å². The van der Waals surface area contributed by atoms with Crippen molar-refractivity contribution in [1.82, 2.24) is 0 Å². The Morgan fingerprint density at radius 3 is 2.74 bits per heavy atom. The van der Waals surface area contributed by atoms with Crippen LogP contribution in [-0.4, -0.2) is 26.0 Å². The summed E-state index contributed by atoms with van der Waals surface area (Å²) in [6, 6.07) is 5.58. The number of hydrogen-bond acceptors (Lipinski definition) is 6. The lowest BCUT2D eigenvalue weighted by atomic mass is 10.0. The first-order valence-corrected chi connectivity index (χ1v) is 7.95. The molecular weight excluding hydrogens is 316 g/mol. The second-order valence-corrected chi connectivity index (χ2v) is 6.40. The standard InChI is InChI=1S/C17H16O5S/c1-9(17(19)21-3)6-12(18)15-7-11-10-4-5-22-16(10)13(20-2)8-14(11)23-15/h4-5,7-9H,6H2,1-3H3. The third-order valence-electron chi connectivity index (χ3n) is 3.79. The number of Topliss-reactive ketones (excluding diaryl/α,β-unsaturated/α-hetero) is 1. The van der Waals surface area contributed by atoms with Gasteiger partial charge in [0.15, 0.2) is 17.1 Å². The second kappa shape index (κ2) is 6.04. The van der Waals surface area contributed by atoms with Gasteiger partial charge in [-0.3, -0.25) is 9.59 Å². The summed E-state index contributed by atoms with van der Waals surface area (Å²) in [5.41, 5.74) is 0.666. The Kier molecular flexibility index (Phi) is 4.09. The minimum atomic E-state index is -0.457. The van der Waals surface area contributed by atoms with Gasteiger partial charge in [0.05, 0.1) is 31.3 Å². The normalized spacial score (nSPS) is 12.5. The first kappa shape index (κ1) is 15.6. The number of methoxy groups -OCH3 is 2. The Balaban J connectivity index is 2.00. The summed E-state index contributed by atoms with van der Waals surface area (Å²) in [5, 5.41) is 1.87. The molecule has 3 aromatic rings. The second-order valence-electron chi connectivity index (χ2n) is 5.32. The van der Waals surface area contributed by atoms with Gasteiger partial charge in [-0.15, -0.1) is 11.3 Å². The molecule has 0 amide bonds. The van der Waals surface area contributed by atoms with Crippen LogP contribution in [0.15, 0.2) is 28.9 Å². The van der Waals surface area contributed by atoms with Gasteiger partial charge in [0.25, 0.3) is 0 Å². The molecule has 1 unspecified atom stereocenters. The van der Waals surface area contributed by atoms with E-state index in [1.54, 1.807) is 20.3 Å². The molecule has 0 N–H and O–H groups in total. The molecule has 0 saturated heterocycles. The van der Waals surface area contributed by atoms with Crippen molar-refractivity contribution in [2.24, 2.45) is 5.92 Å². The highest BCUT2D eigenvalue weighted by Crippen LogP contribution is 2.38. The zero-order chi connectivity index (χ0) is 16.6. The quantitative estimate of drug-likeness (QED) is 0.521. The predicted molar refractivity (Wildman–Crippen MR) is 88.3 cm³/mol. The van der Waals surface area contributed by atoms with Gasteiger partial charge in [-0.2, -0.15) is 0 Å². The van der Waals surface area contributed by atoms with Crippen LogP contribution in [0.25, 0.3) is 21.1 Å². The molecule has 0 spiro atoms. The number of ether oxygens (including phenoxy) is 2. The third kappa shape index (κ3) is 2.70. The van der Waals surface area contributed by atoms with Gasteiger partial charge < -0.3 is 13.9 Å². The molecule has 0 aliphatic heterocycles. The Morgan fingerprint density at radius 1 is 1.26 bits per heavy atom.